The Morgan fingerprint density at radius 2 is 1.95 bits per heavy atom. The van der Waals surface area contributed by atoms with Gasteiger partial charge in [-0.05, 0) is 50.1 Å². The number of aromatic nitrogens is 2. The van der Waals surface area contributed by atoms with Crippen LogP contribution in [0.4, 0.5) is 0 Å². The summed E-state index contributed by atoms with van der Waals surface area (Å²) < 4.78 is 12.6. The van der Waals surface area contributed by atoms with Gasteiger partial charge < -0.3 is 14.8 Å². The highest BCUT2D eigenvalue weighted by Gasteiger charge is 2.06. The molecule has 0 unspecified atom stereocenters. The average Bonchev–Trinajstić information content (AvgIpc) is 2.91. The Labute approximate surface area is 132 Å². The minimum Gasteiger partial charge on any atom is -0.493 e. The Hall–Kier alpha value is -2.01. The van der Waals surface area contributed by atoms with Gasteiger partial charge in [0.15, 0.2) is 11.5 Å². The standard InChI is InChI=1S/C17H25N3O2/c1-5-20-15(13(2)11-19-20)12-18-9-8-14-6-7-16(21-3)17(10-14)22-4/h6-7,10-11,18H,5,8-9,12H2,1-4H3. The normalized spacial score (nSPS) is 10.7. The largest absolute Gasteiger partial charge is 0.493 e. The van der Waals surface area contributed by atoms with Crippen molar-refractivity contribution in [3.05, 3.63) is 41.2 Å². The van der Waals surface area contributed by atoms with E-state index in [0.29, 0.717) is 0 Å². The van der Waals surface area contributed by atoms with Crippen LogP contribution in [0.25, 0.3) is 0 Å². The van der Waals surface area contributed by atoms with E-state index in [1.807, 2.05) is 23.0 Å². The number of rotatable bonds is 8. The molecule has 1 aromatic carbocycles. The van der Waals surface area contributed by atoms with Gasteiger partial charge in [0.05, 0.1) is 26.1 Å². The van der Waals surface area contributed by atoms with Crippen molar-refractivity contribution in [1.29, 1.82) is 0 Å². The predicted octanol–water partition coefficient (Wildman–Crippen LogP) is 2.56. The van der Waals surface area contributed by atoms with Crippen molar-refractivity contribution in [3.8, 4) is 11.5 Å². The summed E-state index contributed by atoms with van der Waals surface area (Å²) in [5.41, 5.74) is 3.72. The first-order valence-corrected chi connectivity index (χ1v) is 7.62. The molecule has 5 heteroatoms. The first-order valence-electron chi connectivity index (χ1n) is 7.62. The van der Waals surface area contributed by atoms with Crippen LogP contribution in [-0.2, 0) is 19.5 Å². The van der Waals surface area contributed by atoms with E-state index in [-0.39, 0.29) is 0 Å². The van der Waals surface area contributed by atoms with Crippen molar-refractivity contribution in [3.63, 3.8) is 0 Å². The van der Waals surface area contributed by atoms with Gasteiger partial charge in [0.1, 0.15) is 0 Å². The highest BCUT2D eigenvalue weighted by molar-refractivity contribution is 5.42. The first-order chi connectivity index (χ1) is 10.7. The molecule has 0 bridgehead atoms. The molecule has 0 amide bonds. The maximum absolute atomic E-state index is 5.33. The summed E-state index contributed by atoms with van der Waals surface area (Å²) in [4.78, 5) is 0. The van der Waals surface area contributed by atoms with Gasteiger partial charge in [0.2, 0.25) is 0 Å². The molecule has 0 aliphatic carbocycles. The minimum atomic E-state index is 0.765. The maximum atomic E-state index is 5.33. The highest BCUT2D eigenvalue weighted by atomic mass is 16.5. The molecule has 2 aromatic rings. The Morgan fingerprint density at radius 1 is 1.18 bits per heavy atom. The van der Waals surface area contributed by atoms with Gasteiger partial charge in [-0.1, -0.05) is 6.07 Å². The second kappa shape index (κ2) is 7.84. The number of aryl methyl sites for hydroxylation is 2. The van der Waals surface area contributed by atoms with E-state index < -0.39 is 0 Å². The van der Waals surface area contributed by atoms with Gasteiger partial charge in [-0.25, -0.2) is 0 Å². The second-order valence-electron chi connectivity index (χ2n) is 5.21. The molecular formula is C17H25N3O2. The molecule has 0 radical (unpaired) electrons. The molecule has 120 valence electrons. The number of methoxy groups -OCH3 is 2. The van der Waals surface area contributed by atoms with Crippen LogP contribution in [0.2, 0.25) is 0 Å². The lowest BCUT2D eigenvalue weighted by atomic mass is 10.1. The highest BCUT2D eigenvalue weighted by Crippen LogP contribution is 2.27. The third kappa shape index (κ3) is 3.80. The number of nitrogens with one attached hydrogen (secondary N) is 1. The van der Waals surface area contributed by atoms with Gasteiger partial charge in [-0.15, -0.1) is 0 Å². The number of hydrogen-bond donors (Lipinski definition) is 1. The number of ether oxygens (including phenoxy) is 2. The summed E-state index contributed by atoms with van der Waals surface area (Å²) in [6.45, 7) is 6.86. The van der Waals surface area contributed by atoms with Gasteiger partial charge in [0.25, 0.3) is 0 Å². The van der Waals surface area contributed by atoms with E-state index >= 15 is 0 Å². The number of nitrogens with zero attached hydrogens (tertiary/aromatic N) is 2. The summed E-state index contributed by atoms with van der Waals surface area (Å²) in [5, 5.41) is 7.84. The Bertz CT molecular complexity index is 608. The van der Waals surface area contributed by atoms with Crippen LogP contribution in [0.3, 0.4) is 0 Å². The van der Waals surface area contributed by atoms with Gasteiger partial charge >= 0.3 is 0 Å². The van der Waals surface area contributed by atoms with Crippen molar-refractivity contribution in [2.24, 2.45) is 0 Å². The van der Waals surface area contributed by atoms with Crippen LogP contribution >= 0.6 is 0 Å². The Morgan fingerprint density at radius 3 is 2.64 bits per heavy atom. The number of benzene rings is 1. The van der Waals surface area contributed by atoms with Crippen LogP contribution in [0.5, 0.6) is 11.5 Å². The third-order valence-electron chi connectivity index (χ3n) is 3.79. The molecule has 0 aliphatic heterocycles. The van der Waals surface area contributed by atoms with Gasteiger partial charge in [-0.3, -0.25) is 4.68 Å². The average molecular weight is 303 g/mol. The zero-order valence-electron chi connectivity index (χ0n) is 13.8. The predicted molar refractivity (Wildman–Crippen MR) is 87.6 cm³/mol. The van der Waals surface area contributed by atoms with Crippen molar-refractivity contribution >= 4 is 0 Å². The lowest BCUT2D eigenvalue weighted by Crippen LogP contribution is -2.19. The zero-order valence-corrected chi connectivity index (χ0v) is 13.8. The first kappa shape index (κ1) is 16.4. The quantitative estimate of drug-likeness (QED) is 0.761. The van der Waals surface area contributed by atoms with Gasteiger partial charge in [-0.2, -0.15) is 5.10 Å². The van der Waals surface area contributed by atoms with Gasteiger partial charge in [0, 0.05) is 13.1 Å². The fourth-order valence-corrected chi connectivity index (χ4v) is 2.48. The van der Waals surface area contributed by atoms with E-state index in [0.717, 1.165) is 37.6 Å². The summed E-state index contributed by atoms with van der Waals surface area (Å²) >= 11 is 0. The Balaban J connectivity index is 1.87. The van der Waals surface area contributed by atoms with Crippen molar-refractivity contribution in [2.75, 3.05) is 20.8 Å². The molecule has 5 nitrogen and oxygen atoms in total. The van der Waals surface area contributed by atoms with Crippen LogP contribution in [0.15, 0.2) is 24.4 Å². The number of hydrogen-bond acceptors (Lipinski definition) is 4. The van der Waals surface area contributed by atoms with Crippen LogP contribution < -0.4 is 14.8 Å². The SMILES string of the molecule is CCn1ncc(C)c1CNCCc1ccc(OC)c(OC)c1. The summed E-state index contributed by atoms with van der Waals surface area (Å²) in [7, 11) is 3.31. The van der Waals surface area contributed by atoms with E-state index in [2.05, 4.69) is 30.3 Å². The molecule has 0 atom stereocenters. The van der Waals surface area contributed by atoms with E-state index in [9.17, 15) is 0 Å². The fraction of sp³-hybridized carbons (Fsp3) is 0.471. The molecular weight excluding hydrogens is 278 g/mol. The Kier molecular flexibility index (Phi) is 5.83. The van der Waals surface area contributed by atoms with E-state index in [4.69, 9.17) is 9.47 Å². The zero-order chi connectivity index (χ0) is 15.9. The van der Waals surface area contributed by atoms with Crippen LogP contribution in [0.1, 0.15) is 23.7 Å². The lowest BCUT2D eigenvalue weighted by Gasteiger charge is -2.11. The van der Waals surface area contributed by atoms with E-state index in [1.165, 1.54) is 16.8 Å². The van der Waals surface area contributed by atoms with Crippen molar-refractivity contribution in [2.45, 2.75) is 33.4 Å². The summed E-state index contributed by atoms with van der Waals surface area (Å²) in [5.74, 6) is 1.54. The monoisotopic (exact) mass is 303 g/mol. The maximum Gasteiger partial charge on any atom is 0.160 e. The minimum absolute atomic E-state index is 0.765. The smallest absolute Gasteiger partial charge is 0.160 e. The molecule has 0 spiro atoms. The lowest BCUT2D eigenvalue weighted by molar-refractivity contribution is 0.354. The second-order valence-corrected chi connectivity index (χ2v) is 5.21. The third-order valence-corrected chi connectivity index (χ3v) is 3.79. The molecule has 0 saturated heterocycles. The fourth-order valence-electron chi connectivity index (χ4n) is 2.48. The molecule has 1 heterocycles. The van der Waals surface area contributed by atoms with Crippen LogP contribution in [-0.4, -0.2) is 30.5 Å². The molecule has 0 fully saturated rings. The topological polar surface area (TPSA) is 48.3 Å². The molecule has 2 rings (SSSR count). The summed E-state index contributed by atoms with van der Waals surface area (Å²) in [6.07, 6.45) is 2.87. The molecule has 22 heavy (non-hydrogen) atoms. The molecule has 1 aromatic heterocycles. The van der Waals surface area contributed by atoms with Crippen LogP contribution in [0, 0.1) is 6.92 Å². The molecule has 0 aliphatic rings. The molecule has 1 N–H and O–H groups in total. The summed E-state index contributed by atoms with van der Waals surface area (Å²) in [6, 6.07) is 6.05. The van der Waals surface area contributed by atoms with Crippen molar-refractivity contribution in [1.82, 2.24) is 15.1 Å². The molecule has 0 saturated carbocycles. The van der Waals surface area contributed by atoms with E-state index in [1.54, 1.807) is 14.2 Å². The van der Waals surface area contributed by atoms with Crippen molar-refractivity contribution < 1.29 is 9.47 Å².